The van der Waals surface area contributed by atoms with E-state index in [1.165, 1.54) is 0 Å². The molecule has 0 aliphatic carbocycles. The molecule has 3 N–H and O–H groups in total. The molecule has 5 heteroatoms. The van der Waals surface area contributed by atoms with Crippen LogP contribution in [0, 0.1) is 0 Å². The van der Waals surface area contributed by atoms with Crippen LogP contribution in [-0.4, -0.2) is 33.0 Å². The number of hydrogen-bond acceptors (Lipinski definition) is 4. The highest BCUT2D eigenvalue weighted by atomic mass is 32.2. The van der Waals surface area contributed by atoms with E-state index in [4.69, 9.17) is 0 Å². The first kappa shape index (κ1) is 14.0. The van der Waals surface area contributed by atoms with Crippen molar-refractivity contribution >= 4 is 10.8 Å². The van der Waals surface area contributed by atoms with Gasteiger partial charge in [0.2, 0.25) is 0 Å². The first-order valence-corrected chi connectivity index (χ1v) is 7.29. The van der Waals surface area contributed by atoms with Crippen molar-refractivity contribution < 1.29 is 14.4 Å². The predicted octanol–water partition coefficient (Wildman–Crippen LogP) is 1.52. The van der Waals surface area contributed by atoms with Crippen molar-refractivity contribution in [3.63, 3.8) is 0 Å². The third-order valence-corrected chi connectivity index (χ3v) is 3.42. The molecule has 1 rings (SSSR count). The SMILES string of the molecule is CC(NCCCS(C)=O)c1c(O)cccc1O. The number of aromatic hydroxyl groups is 2. The minimum absolute atomic E-state index is 0.0871. The van der Waals surface area contributed by atoms with Crippen molar-refractivity contribution in [2.24, 2.45) is 0 Å². The molecule has 0 spiro atoms. The van der Waals surface area contributed by atoms with Crippen LogP contribution < -0.4 is 5.32 Å². The topological polar surface area (TPSA) is 69.6 Å². The lowest BCUT2D eigenvalue weighted by atomic mass is 10.1. The van der Waals surface area contributed by atoms with Gasteiger partial charge < -0.3 is 15.5 Å². The van der Waals surface area contributed by atoms with Gasteiger partial charge in [-0.3, -0.25) is 4.21 Å². The Balaban J connectivity index is 2.52. The summed E-state index contributed by atoms with van der Waals surface area (Å²) in [5, 5.41) is 22.5. The Labute approximate surface area is 104 Å². The summed E-state index contributed by atoms with van der Waals surface area (Å²) in [5.41, 5.74) is 0.505. The summed E-state index contributed by atoms with van der Waals surface area (Å²) in [6.45, 7) is 2.58. The maximum atomic E-state index is 10.9. The summed E-state index contributed by atoms with van der Waals surface area (Å²) >= 11 is 0. The van der Waals surface area contributed by atoms with Crippen molar-refractivity contribution in [3.8, 4) is 11.5 Å². The summed E-state index contributed by atoms with van der Waals surface area (Å²) in [6.07, 6.45) is 2.49. The second-order valence-corrected chi connectivity index (χ2v) is 5.57. The number of phenols is 2. The molecule has 96 valence electrons. The second-order valence-electron chi connectivity index (χ2n) is 4.02. The van der Waals surface area contributed by atoms with Crippen LogP contribution in [0.4, 0.5) is 0 Å². The summed E-state index contributed by atoms with van der Waals surface area (Å²) in [6, 6.07) is 4.56. The van der Waals surface area contributed by atoms with Gasteiger partial charge in [0.1, 0.15) is 11.5 Å². The van der Waals surface area contributed by atoms with Crippen LogP contribution in [-0.2, 0) is 10.8 Å². The van der Waals surface area contributed by atoms with Crippen molar-refractivity contribution in [3.05, 3.63) is 23.8 Å². The fourth-order valence-electron chi connectivity index (χ4n) is 1.68. The lowest BCUT2D eigenvalue weighted by Gasteiger charge is -2.16. The highest BCUT2D eigenvalue weighted by Gasteiger charge is 2.13. The summed E-state index contributed by atoms with van der Waals surface area (Å²) in [7, 11) is -0.772. The molecule has 0 bridgehead atoms. The standard InChI is InChI=1S/C12H19NO3S/c1-9(13-7-4-8-17(2)16)12-10(14)5-3-6-11(12)15/h3,5-6,9,13-15H,4,7-8H2,1-2H3. The van der Waals surface area contributed by atoms with Gasteiger partial charge in [0.15, 0.2) is 0 Å². The zero-order chi connectivity index (χ0) is 12.8. The Morgan fingerprint density at radius 3 is 2.47 bits per heavy atom. The molecule has 1 aromatic rings. The van der Waals surface area contributed by atoms with Crippen LogP contribution in [0.2, 0.25) is 0 Å². The minimum Gasteiger partial charge on any atom is -0.507 e. The fourth-order valence-corrected chi connectivity index (χ4v) is 2.23. The number of benzene rings is 1. The van der Waals surface area contributed by atoms with E-state index >= 15 is 0 Å². The lowest BCUT2D eigenvalue weighted by Crippen LogP contribution is -2.21. The van der Waals surface area contributed by atoms with Crippen molar-refractivity contribution in [1.82, 2.24) is 5.32 Å². The van der Waals surface area contributed by atoms with Crippen LogP contribution in [0.1, 0.15) is 24.9 Å². The van der Waals surface area contributed by atoms with Crippen LogP contribution >= 0.6 is 0 Å². The molecular weight excluding hydrogens is 238 g/mol. The smallest absolute Gasteiger partial charge is 0.124 e. The molecule has 1 aromatic carbocycles. The zero-order valence-electron chi connectivity index (χ0n) is 10.1. The molecule has 0 heterocycles. The average Bonchev–Trinajstić information content (AvgIpc) is 2.24. The Bertz CT molecular complexity index is 375. The molecule has 0 aliphatic rings. The van der Waals surface area contributed by atoms with Gasteiger partial charge in [0.25, 0.3) is 0 Å². The van der Waals surface area contributed by atoms with E-state index < -0.39 is 10.8 Å². The van der Waals surface area contributed by atoms with E-state index in [9.17, 15) is 14.4 Å². The Morgan fingerprint density at radius 2 is 1.94 bits per heavy atom. The van der Waals surface area contributed by atoms with Gasteiger partial charge in [-0.2, -0.15) is 0 Å². The predicted molar refractivity (Wildman–Crippen MR) is 69.7 cm³/mol. The first-order chi connectivity index (χ1) is 8.02. The quantitative estimate of drug-likeness (QED) is 0.676. The molecule has 2 atom stereocenters. The molecule has 0 fully saturated rings. The largest absolute Gasteiger partial charge is 0.507 e. The lowest BCUT2D eigenvalue weighted by molar-refractivity contribution is 0.419. The van der Waals surface area contributed by atoms with E-state index in [1.807, 2.05) is 6.92 Å². The first-order valence-electron chi connectivity index (χ1n) is 5.56. The van der Waals surface area contributed by atoms with Crippen molar-refractivity contribution in [1.29, 1.82) is 0 Å². The summed E-state index contributed by atoms with van der Waals surface area (Å²) in [4.78, 5) is 0. The van der Waals surface area contributed by atoms with E-state index in [0.717, 1.165) is 6.42 Å². The van der Waals surface area contributed by atoms with Gasteiger partial charge in [-0.25, -0.2) is 0 Å². The fraction of sp³-hybridized carbons (Fsp3) is 0.500. The van der Waals surface area contributed by atoms with Gasteiger partial charge in [-0.05, 0) is 32.0 Å². The van der Waals surface area contributed by atoms with E-state index in [0.29, 0.717) is 17.9 Å². The van der Waals surface area contributed by atoms with Crippen molar-refractivity contribution in [2.75, 3.05) is 18.6 Å². The molecule has 0 radical (unpaired) electrons. The van der Waals surface area contributed by atoms with Crippen LogP contribution in [0.25, 0.3) is 0 Å². The van der Waals surface area contributed by atoms with Gasteiger partial charge in [-0.15, -0.1) is 0 Å². The van der Waals surface area contributed by atoms with Gasteiger partial charge in [0.05, 0.1) is 5.56 Å². The van der Waals surface area contributed by atoms with Gasteiger partial charge in [0, 0.05) is 28.9 Å². The molecule has 0 aromatic heterocycles. The summed E-state index contributed by atoms with van der Waals surface area (Å²) in [5.74, 6) is 0.833. The van der Waals surface area contributed by atoms with E-state index in [2.05, 4.69) is 5.32 Å². The molecule has 4 nitrogen and oxygen atoms in total. The average molecular weight is 257 g/mol. The van der Waals surface area contributed by atoms with Crippen molar-refractivity contribution in [2.45, 2.75) is 19.4 Å². The highest BCUT2D eigenvalue weighted by Crippen LogP contribution is 2.31. The van der Waals surface area contributed by atoms with E-state index in [1.54, 1.807) is 24.5 Å². The number of hydrogen-bond donors (Lipinski definition) is 3. The Hall–Kier alpha value is -1.07. The third-order valence-electron chi connectivity index (χ3n) is 2.55. The molecule has 0 saturated carbocycles. The molecule has 2 unspecified atom stereocenters. The highest BCUT2D eigenvalue weighted by molar-refractivity contribution is 7.84. The number of nitrogens with one attached hydrogen (secondary N) is 1. The Kier molecular flexibility index (Phi) is 5.44. The zero-order valence-corrected chi connectivity index (χ0v) is 11.0. The second kappa shape index (κ2) is 6.61. The normalized spacial score (nSPS) is 14.5. The van der Waals surface area contributed by atoms with Gasteiger partial charge >= 0.3 is 0 Å². The van der Waals surface area contributed by atoms with E-state index in [-0.39, 0.29) is 17.5 Å². The monoisotopic (exact) mass is 257 g/mol. The molecule has 17 heavy (non-hydrogen) atoms. The molecular formula is C12H19NO3S. The molecule has 0 amide bonds. The summed E-state index contributed by atoms with van der Waals surface area (Å²) < 4.78 is 10.9. The number of rotatable bonds is 6. The molecule has 0 aliphatic heterocycles. The maximum Gasteiger partial charge on any atom is 0.124 e. The van der Waals surface area contributed by atoms with Crippen LogP contribution in [0.15, 0.2) is 18.2 Å². The maximum absolute atomic E-state index is 10.9. The third kappa shape index (κ3) is 4.36. The number of phenolic OH excluding ortho intramolecular Hbond substituents is 2. The van der Waals surface area contributed by atoms with Crippen LogP contribution in [0.3, 0.4) is 0 Å². The van der Waals surface area contributed by atoms with Gasteiger partial charge in [-0.1, -0.05) is 6.07 Å². The molecule has 0 saturated heterocycles. The van der Waals surface area contributed by atoms with Crippen LogP contribution in [0.5, 0.6) is 11.5 Å². The minimum atomic E-state index is -0.772. The Morgan fingerprint density at radius 1 is 1.35 bits per heavy atom.